The summed E-state index contributed by atoms with van der Waals surface area (Å²) in [5.74, 6) is -0.923. The molecule has 0 aliphatic rings. The van der Waals surface area contributed by atoms with E-state index in [0.29, 0.717) is 17.6 Å². The molecular formula is C13H17BrN2O4. The second-order valence-corrected chi connectivity index (χ2v) is 5.31. The highest BCUT2D eigenvalue weighted by Crippen LogP contribution is 2.21. The molecular weight excluding hydrogens is 328 g/mol. The number of carboxylic acids is 1. The lowest BCUT2D eigenvalue weighted by Gasteiger charge is -2.13. The van der Waals surface area contributed by atoms with Crippen molar-refractivity contribution in [3.05, 3.63) is 28.2 Å². The summed E-state index contributed by atoms with van der Waals surface area (Å²) in [6, 6.07) is 4.12. The molecule has 110 valence electrons. The third kappa shape index (κ3) is 5.18. The number of rotatable bonds is 6. The number of methoxy groups -OCH3 is 1. The predicted molar refractivity (Wildman–Crippen MR) is 79.2 cm³/mol. The maximum absolute atomic E-state index is 11.7. The second kappa shape index (κ2) is 7.86. The lowest BCUT2D eigenvalue weighted by atomic mass is 10.2. The number of anilines is 1. The van der Waals surface area contributed by atoms with Gasteiger partial charge in [-0.1, -0.05) is 22.9 Å². The van der Waals surface area contributed by atoms with Crippen molar-refractivity contribution >= 4 is 33.6 Å². The highest BCUT2D eigenvalue weighted by molar-refractivity contribution is 9.10. The minimum atomic E-state index is -1.10. The van der Waals surface area contributed by atoms with Gasteiger partial charge >= 0.3 is 12.0 Å². The Morgan fingerprint density at radius 3 is 2.75 bits per heavy atom. The first-order chi connectivity index (χ1) is 9.43. The number of benzene rings is 1. The van der Waals surface area contributed by atoms with E-state index in [2.05, 4.69) is 26.6 Å². The summed E-state index contributed by atoms with van der Waals surface area (Å²) in [5.41, 5.74) is 0.275. The highest BCUT2D eigenvalue weighted by Gasteiger charge is 2.13. The molecule has 0 radical (unpaired) electrons. The van der Waals surface area contributed by atoms with Crippen molar-refractivity contribution in [1.29, 1.82) is 0 Å². The fourth-order valence-corrected chi connectivity index (χ4v) is 1.94. The Bertz CT molecular complexity index is 493. The van der Waals surface area contributed by atoms with Crippen molar-refractivity contribution in [1.82, 2.24) is 5.32 Å². The summed E-state index contributed by atoms with van der Waals surface area (Å²) in [4.78, 5) is 22.8. The third-order valence-corrected chi connectivity index (χ3v) is 3.02. The molecule has 1 aromatic rings. The summed E-state index contributed by atoms with van der Waals surface area (Å²) < 4.78 is 5.65. The molecule has 2 amide bonds. The number of carbonyl (C=O) groups excluding carboxylic acids is 1. The van der Waals surface area contributed by atoms with Crippen LogP contribution in [-0.2, 0) is 4.74 Å². The normalized spacial score (nSPS) is 11.8. The van der Waals surface area contributed by atoms with Crippen LogP contribution in [0.15, 0.2) is 22.7 Å². The minimum Gasteiger partial charge on any atom is -0.478 e. The molecule has 1 unspecified atom stereocenters. The highest BCUT2D eigenvalue weighted by atomic mass is 79.9. The van der Waals surface area contributed by atoms with E-state index in [1.54, 1.807) is 19.2 Å². The number of carbonyl (C=O) groups is 2. The minimum absolute atomic E-state index is 0.0355. The van der Waals surface area contributed by atoms with E-state index >= 15 is 0 Å². The van der Waals surface area contributed by atoms with Gasteiger partial charge in [-0.2, -0.15) is 0 Å². The van der Waals surface area contributed by atoms with Crippen molar-refractivity contribution < 1.29 is 19.4 Å². The fourth-order valence-electron chi connectivity index (χ4n) is 1.58. The first kappa shape index (κ1) is 16.5. The van der Waals surface area contributed by atoms with Gasteiger partial charge in [0.25, 0.3) is 0 Å². The Balaban J connectivity index is 2.66. The third-order valence-electron chi connectivity index (χ3n) is 2.52. The smallest absolute Gasteiger partial charge is 0.337 e. The Morgan fingerprint density at radius 1 is 1.45 bits per heavy atom. The lowest BCUT2D eigenvalue weighted by molar-refractivity contribution is 0.0698. The molecule has 1 aromatic carbocycles. The molecule has 0 saturated heterocycles. The van der Waals surface area contributed by atoms with E-state index in [1.165, 1.54) is 6.07 Å². The van der Waals surface area contributed by atoms with Gasteiger partial charge in [-0.05, 0) is 24.1 Å². The molecule has 0 aliphatic heterocycles. The van der Waals surface area contributed by atoms with E-state index in [0.717, 1.165) is 0 Å². The van der Waals surface area contributed by atoms with Crippen molar-refractivity contribution in [2.24, 2.45) is 5.92 Å². The maximum atomic E-state index is 11.7. The van der Waals surface area contributed by atoms with Crippen molar-refractivity contribution in [3.8, 4) is 0 Å². The Hall–Kier alpha value is -1.60. The van der Waals surface area contributed by atoms with E-state index in [9.17, 15) is 9.59 Å². The SMILES string of the molecule is COCC(C)CNC(=O)Nc1cc(Br)ccc1C(=O)O. The number of halogens is 1. The Labute approximate surface area is 125 Å². The molecule has 0 heterocycles. The van der Waals surface area contributed by atoms with E-state index in [-0.39, 0.29) is 17.2 Å². The van der Waals surface area contributed by atoms with Crippen LogP contribution in [0.5, 0.6) is 0 Å². The van der Waals surface area contributed by atoms with Crippen molar-refractivity contribution in [3.63, 3.8) is 0 Å². The van der Waals surface area contributed by atoms with Crippen LogP contribution in [0.4, 0.5) is 10.5 Å². The number of urea groups is 1. The molecule has 0 spiro atoms. The van der Waals surface area contributed by atoms with E-state index < -0.39 is 12.0 Å². The van der Waals surface area contributed by atoms with Crippen LogP contribution in [0.25, 0.3) is 0 Å². The first-order valence-corrected chi connectivity index (χ1v) is 6.80. The summed E-state index contributed by atoms with van der Waals surface area (Å²) in [5, 5.41) is 14.2. The van der Waals surface area contributed by atoms with Crippen LogP contribution in [0.2, 0.25) is 0 Å². The predicted octanol–water partition coefficient (Wildman–Crippen LogP) is 2.55. The van der Waals surface area contributed by atoms with E-state index in [1.807, 2.05) is 6.92 Å². The number of aromatic carboxylic acids is 1. The summed E-state index contributed by atoms with van der Waals surface area (Å²) >= 11 is 3.24. The quantitative estimate of drug-likeness (QED) is 0.739. The van der Waals surface area contributed by atoms with Gasteiger partial charge in [0.05, 0.1) is 17.9 Å². The molecule has 20 heavy (non-hydrogen) atoms. The monoisotopic (exact) mass is 344 g/mol. The zero-order chi connectivity index (χ0) is 15.1. The molecule has 6 nitrogen and oxygen atoms in total. The van der Waals surface area contributed by atoms with E-state index in [4.69, 9.17) is 9.84 Å². The zero-order valence-corrected chi connectivity index (χ0v) is 12.9. The van der Waals surface area contributed by atoms with Crippen molar-refractivity contribution in [2.75, 3.05) is 25.6 Å². The molecule has 0 fully saturated rings. The van der Waals surface area contributed by atoms with Crippen LogP contribution in [-0.4, -0.2) is 37.4 Å². The first-order valence-electron chi connectivity index (χ1n) is 6.00. The van der Waals surface area contributed by atoms with Gasteiger partial charge < -0.3 is 20.5 Å². The average molecular weight is 345 g/mol. The lowest BCUT2D eigenvalue weighted by Crippen LogP contribution is -2.33. The number of nitrogens with one attached hydrogen (secondary N) is 2. The molecule has 7 heteroatoms. The molecule has 0 aliphatic carbocycles. The van der Waals surface area contributed by atoms with Gasteiger partial charge in [0.1, 0.15) is 0 Å². The molecule has 0 saturated carbocycles. The number of hydrogen-bond acceptors (Lipinski definition) is 3. The van der Waals surface area contributed by atoms with Crippen LogP contribution in [0.1, 0.15) is 17.3 Å². The molecule has 0 bridgehead atoms. The Morgan fingerprint density at radius 2 is 2.15 bits per heavy atom. The van der Waals surface area contributed by atoms with Gasteiger partial charge in [-0.3, -0.25) is 0 Å². The van der Waals surface area contributed by atoms with Gasteiger partial charge in [-0.15, -0.1) is 0 Å². The van der Waals surface area contributed by atoms with Gasteiger partial charge in [-0.25, -0.2) is 9.59 Å². The molecule has 3 N–H and O–H groups in total. The number of ether oxygens (including phenoxy) is 1. The summed E-state index contributed by atoms with van der Waals surface area (Å²) in [6.45, 7) is 2.92. The summed E-state index contributed by atoms with van der Waals surface area (Å²) in [7, 11) is 1.59. The largest absolute Gasteiger partial charge is 0.478 e. The van der Waals surface area contributed by atoms with Gasteiger partial charge in [0, 0.05) is 18.1 Å². The van der Waals surface area contributed by atoms with Crippen LogP contribution in [0, 0.1) is 5.92 Å². The zero-order valence-electron chi connectivity index (χ0n) is 11.3. The van der Waals surface area contributed by atoms with Gasteiger partial charge in [0.2, 0.25) is 0 Å². The maximum Gasteiger partial charge on any atom is 0.337 e. The molecule has 1 rings (SSSR count). The van der Waals surface area contributed by atoms with Crippen molar-refractivity contribution in [2.45, 2.75) is 6.92 Å². The number of hydrogen-bond donors (Lipinski definition) is 3. The topological polar surface area (TPSA) is 87.7 Å². The fraction of sp³-hybridized carbons (Fsp3) is 0.385. The second-order valence-electron chi connectivity index (χ2n) is 4.39. The molecule has 1 atom stereocenters. The Kier molecular flexibility index (Phi) is 6.47. The van der Waals surface area contributed by atoms with Crippen LogP contribution >= 0.6 is 15.9 Å². The summed E-state index contributed by atoms with van der Waals surface area (Å²) in [6.07, 6.45) is 0. The average Bonchev–Trinajstić information content (AvgIpc) is 2.36. The van der Waals surface area contributed by atoms with Gasteiger partial charge in [0.15, 0.2) is 0 Å². The van der Waals surface area contributed by atoms with Crippen LogP contribution < -0.4 is 10.6 Å². The number of amides is 2. The standard InChI is InChI=1S/C13H17BrN2O4/c1-8(7-20-2)6-15-13(19)16-11-5-9(14)3-4-10(11)12(17)18/h3-5,8H,6-7H2,1-2H3,(H,17,18)(H2,15,16,19). The number of carboxylic acid groups (broad SMARTS) is 1. The molecule has 0 aromatic heterocycles. The van der Waals surface area contributed by atoms with Crippen LogP contribution in [0.3, 0.4) is 0 Å².